The number of furan rings is 1. The van der Waals surface area contributed by atoms with Gasteiger partial charge in [-0.15, -0.1) is 0 Å². The maximum absolute atomic E-state index is 12.2. The summed E-state index contributed by atoms with van der Waals surface area (Å²) < 4.78 is 32.4. The van der Waals surface area contributed by atoms with Crippen molar-refractivity contribution in [2.75, 3.05) is 0 Å². The van der Waals surface area contributed by atoms with Gasteiger partial charge in [-0.1, -0.05) is 20.3 Å². The van der Waals surface area contributed by atoms with Crippen LogP contribution in [0.15, 0.2) is 15.4 Å². The fourth-order valence-electron chi connectivity index (χ4n) is 1.87. The first-order chi connectivity index (χ1) is 8.44. The molecule has 5 nitrogen and oxygen atoms in total. The summed E-state index contributed by atoms with van der Waals surface area (Å²) in [7, 11) is -3.51. The van der Waals surface area contributed by atoms with E-state index in [1.54, 1.807) is 6.92 Å². The molecule has 0 aliphatic carbocycles. The zero-order valence-electron chi connectivity index (χ0n) is 11.2. The third-order valence-electron chi connectivity index (χ3n) is 2.87. The summed E-state index contributed by atoms with van der Waals surface area (Å²) in [6.45, 7) is 5.83. The third kappa shape index (κ3) is 3.57. The monoisotopic (exact) mass is 274 g/mol. The van der Waals surface area contributed by atoms with Crippen LogP contribution >= 0.6 is 0 Å². The van der Waals surface area contributed by atoms with Crippen LogP contribution in [0.4, 0.5) is 0 Å². The second-order valence-electron chi connectivity index (χ2n) is 4.35. The fourth-order valence-corrected chi connectivity index (χ4v) is 3.43. The third-order valence-corrected chi connectivity index (χ3v) is 4.49. The van der Waals surface area contributed by atoms with Crippen molar-refractivity contribution < 1.29 is 12.8 Å². The molecule has 0 aliphatic rings. The second kappa shape index (κ2) is 6.36. The van der Waals surface area contributed by atoms with Gasteiger partial charge in [0.15, 0.2) is 0 Å². The van der Waals surface area contributed by atoms with E-state index in [1.807, 2.05) is 13.8 Å². The Balaban J connectivity index is 2.94. The highest BCUT2D eigenvalue weighted by Crippen LogP contribution is 2.20. The van der Waals surface area contributed by atoms with Crippen LogP contribution in [0.5, 0.6) is 0 Å². The number of sulfonamides is 1. The normalized spacial score (nSPS) is 13.8. The zero-order valence-corrected chi connectivity index (χ0v) is 12.0. The van der Waals surface area contributed by atoms with Crippen LogP contribution < -0.4 is 10.5 Å². The molecule has 1 unspecified atom stereocenters. The summed E-state index contributed by atoms with van der Waals surface area (Å²) in [6.07, 6.45) is 2.55. The van der Waals surface area contributed by atoms with E-state index in [9.17, 15) is 8.42 Å². The first-order valence-corrected chi connectivity index (χ1v) is 7.74. The quantitative estimate of drug-likeness (QED) is 0.795. The largest absolute Gasteiger partial charge is 0.464 e. The summed E-state index contributed by atoms with van der Waals surface area (Å²) in [5, 5.41) is 0. The molecular formula is C12H22N2O3S. The van der Waals surface area contributed by atoms with Crippen molar-refractivity contribution >= 4 is 10.0 Å². The average molecular weight is 274 g/mol. The number of aryl methyl sites for hydroxylation is 1. The lowest BCUT2D eigenvalue weighted by atomic mass is 10.1. The molecule has 0 amide bonds. The van der Waals surface area contributed by atoms with E-state index in [1.165, 1.54) is 6.07 Å². The molecule has 18 heavy (non-hydrogen) atoms. The highest BCUT2D eigenvalue weighted by atomic mass is 32.2. The first kappa shape index (κ1) is 15.2. The standard InChI is InChI=1S/C12H22N2O3S/c1-4-6-10(5-2)14-18(15,16)12-7-11(8-13)17-9(12)3/h7,10,14H,4-6,8,13H2,1-3H3. The molecule has 3 N–H and O–H groups in total. The lowest BCUT2D eigenvalue weighted by molar-refractivity contribution is 0.476. The Labute approximate surface area is 109 Å². The molecule has 0 saturated heterocycles. The summed E-state index contributed by atoms with van der Waals surface area (Å²) in [6, 6.07) is 1.46. The molecule has 0 aliphatic heterocycles. The summed E-state index contributed by atoms with van der Waals surface area (Å²) in [5.74, 6) is 0.866. The average Bonchev–Trinajstić information content (AvgIpc) is 2.70. The Morgan fingerprint density at radius 1 is 1.44 bits per heavy atom. The first-order valence-electron chi connectivity index (χ1n) is 6.26. The van der Waals surface area contributed by atoms with Gasteiger partial charge in [0.2, 0.25) is 10.0 Å². The minimum absolute atomic E-state index is 0.0318. The van der Waals surface area contributed by atoms with Crippen LogP contribution in [0.3, 0.4) is 0 Å². The smallest absolute Gasteiger partial charge is 0.244 e. The zero-order chi connectivity index (χ0) is 13.8. The Morgan fingerprint density at radius 2 is 2.11 bits per heavy atom. The van der Waals surface area contributed by atoms with E-state index in [0.717, 1.165) is 19.3 Å². The minimum Gasteiger partial charge on any atom is -0.464 e. The molecule has 1 heterocycles. The molecule has 104 valence electrons. The number of rotatable bonds is 7. The van der Waals surface area contributed by atoms with E-state index in [4.69, 9.17) is 10.2 Å². The Morgan fingerprint density at radius 3 is 2.56 bits per heavy atom. The van der Waals surface area contributed by atoms with Crippen molar-refractivity contribution in [3.8, 4) is 0 Å². The molecule has 0 spiro atoms. The maximum Gasteiger partial charge on any atom is 0.244 e. The van der Waals surface area contributed by atoms with E-state index in [-0.39, 0.29) is 17.5 Å². The molecule has 0 aromatic carbocycles. The molecule has 0 fully saturated rings. The van der Waals surface area contributed by atoms with Crippen LogP contribution in [0.2, 0.25) is 0 Å². The van der Waals surface area contributed by atoms with Gasteiger partial charge in [0.05, 0.1) is 6.54 Å². The molecule has 1 aromatic heterocycles. The van der Waals surface area contributed by atoms with E-state index < -0.39 is 10.0 Å². The predicted molar refractivity (Wildman–Crippen MR) is 70.6 cm³/mol. The molecule has 1 aromatic rings. The topological polar surface area (TPSA) is 85.3 Å². The Bertz CT molecular complexity index is 480. The highest BCUT2D eigenvalue weighted by molar-refractivity contribution is 7.89. The summed E-state index contributed by atoms with van der Waals surface area (Å²) in [5.41, 5.74) is 5.44. The number of nitrogens with two attached hydrogens (primary N) is 1. The molecule has 0 saturated carbocycles. The molecular weight excluding hydrogens is 252 g/mol. The van der Waals surface area contributed by atoms with Crippen molar-refractivity contribution in [2.24, 2.45) is 5.73 Å². The van der Waals surface area contributed by atoms with Gasteiger partial charge in [0, 0.05) is 12.1 Å². The van der Waals surface area contributed by atoms with E-state index in [2.05, 4.69) is 4.72 Å². The molecule has 0 radical (unpaired) electrons. The van der Waals surface area contributed by atoms with Gasteiger partial charge in [0.1, 0.15) is 16.4 Å². The lowest BCUT2D eigenvalue weighted by Gasteiger charge is -2.15. The predicted octanol–water partition coefficient (Wildman–Crippen LogP) is 1.90. The number of hydrogen-bond acceptors (Lipinski definition) is 4. The second-order valence-corrected chi connectivity index (χ2v) is 6.03. The van der Waals surface area contributed by atoms with E-state index >= 15 is 0 Å². The van der Waals surface area contributed by atoms with Crippen LogP contribution in [0.25, 0.3) is 0 Å². The van der Waals surface area contributed by atoms with Crippen molar-refractivity contribution in [1.29, 1.82) is 0 Å². The van der Waals surface area contributed by atoms with Crippen molar-refractivity contribution in [2.45, 2.75) is 57.5 Å². The van der Waals surface area contributed by atoms with Crippen LogP contribution in [0, 0.1) is 6.92 Å². The lowest BCUT2D eigenvalue weighted by Crippen LogP contribution is -2.34. The molecule has 6 heteroatoms. The van der Waals surface area contributed by atoms with Crippen molar-refractivity contribution in [3.63, 3.8) is 0 Å². The molecule has 1 rings (SSSR count). The van der Waals surface area contributed by atoms with Crippen LogP contribution in [-0.4, -0.2) is 14.5 Å². The number of hydrogen-bond donors (Lipinski definition) is 2. The van der Waals surface area contributed by atoms with Gasteiger partial charge in [-0.05, 0) is 19.8 Å². The highest BCUT2D eigenvalue weighted by Gasteiger charge is 2.23. The van der Waals surface area contributed by atoms with Gasteiger partial charge in [-0.25, -0.2) is 13.1 Å². The van der Waals surface area contributed by atoms with E-state index in [0.29, 0.717) is 11.5 Å². The maximum atomic E-state index is 12.2. The van der Waals surface area contributed by atoms with Crippen molar-refractivity contribution in [3.05, 3.63) is 17.6 Å². The van der Waals surface area contributed by atoms with Gasteiger partial charge in [0.25, 0.3) is 0 Å². The Hall–Kier alpha value is -0.850. The SMILES string of the molecule is CCCC(CC)NS(=O)(=O)c1cc(CN)oc1C. The summed E-state index contributed by atoms with van der Waals surface area (Å²) >= 11 is 0. The fraction of sp³-hybridized carbons (Fsp3) is 0.667. The molecule has 0 bridgehead atoms. The summed E-state index contributed by atoms with van der Waals surface area (Å²) in [4.78, 5) is 0.192. The Kier molecular flexibility index (Phi) is 5.37. The van der Waals surface area contributed by atoms with Crippen LogP contribution in [-0.2, 0) is 16.6 Å². The number of nitrogens with one attached hydrogen (secondary N) is 1. The van der Waals surface area contributed by atoms with Crippen LogP contribution in [0.1, 0.15) is 44.6 Å². The minimum atomic E-state index is -3.51. The van der Waals surface area contributed by atoms with Crippen molar-refractivity contribution in [1.82, 2.24) is 4.72 Å². The van der Waals surface area contributed by atoms with Gasteiger partial charge < -0.3 is 10.2 Å². The molecule has 1 atom stereocenters. The van der Waals surface area contributed by atoms with Gasteiger partial charge in [-0.2, -0.15) is 0 Å². The van der Waals surface area contributed by atoms with Gasteiger partial charge >= 0.3 is 0 Å². The van der Waals surface area contributed by atoms with Gasteiger partial charge in [-0.3, -0.25) is 0 Å².